The largest absolute Gasteiger partial charge is 0.481 e. The number of rotatable bonds is 6. The lowest BCUT2D eigenvalue weighted by Crippen LogP contribution is -2.39. The number of hydrogen-bond acceptors (Lipinski definition) is 3. The predicted molar refractivity (Wildman–Crippen MR) is 87.0 cm³/mol. The summed E-state index contributed by atoms with van der Waals surface area (Å²) in [6, 6.07) is 13.2. The van der Waals surface area contributed by atoms with Gasteiger partial charge in [0.1, 0.15) is 5.75 Å². The third kappa shape index (κ3) is 4.48. The second-order valence-electron chi connectivity index (χ2n) is 4.63. The molecule has 112 valence electrons. The van der Waals surface area contributed by atoms with E-state index in [2.05, 4.69) is 0 Å². The molecule has 1 aromatic heterocycles. The molecule has 21 heavy (non-hydrogen) atoms. The average molecular weight is 324 g/mol. The van der Waals surface area contributed by atoms with Crippen LogP contribution in [-0.4, -0.2) is 23.5 Å². The van der Waals surface area contributed by atoms with Crippen LogP contribution in [0.5, 0.6) is 5.75 Å². The first kappa shape index (κ1) is 15.9. The van der Waals surface area contributed by atoms with Gasteiger partial charge >= 0.3 is 0 Å². The minimum absolute atomic E-state index is 0.0223. The average Bonchev–Trinajstić information content (AvgIpc) is 2.90. The molecule has 0 bridgehead atoms. The predicted octanol–water partition coefficient (Wildman–Crippen LogP) is 4.22. The number of benzene rings is 1. The molecule has 5 heteroatoms. The molecule has 1 aromatic carbocycles. The van der Waals surface area contributed by atoms with Crippen LogP contribution in [0.4, 0.5) is 0 Å². The molecule has 0 aliphatic heterocycles. The van der Waals surface area contributed by atoms with Crippen LogP contribution in [0, 0.1) is 0 Å². The van der Waals surface area contributed by atoms with Crippen molar-refractivity contribution in [1.82, 2.24) is 4.90 Å². The minimum atomic E-state index is -0.511. The Balaban J connectivity index is 1.98. The first-order chi connectivity index (χ1) is 10.1. The number of thiophene rings is 1. The number of ether oxygens (including phenoxy) is 1. The number of nitrogens with zero attached hydrogens (tertiary/aromatic N) is 1. The summed E-state index contributed by atoms with van der Waals surface area (Å²) in [7, 11) is 0. The van der Waals surface area contributed by atoms with Gasteiger partial charge in [0, 0.05) is 11.4 Å². The van der Waals surface area contributed by atoms with Gasteiger partial charge < -0.3 is 9.64 Å². The highest BCUT2D eigenvalue weighted by atomic mass is 35.5. The standard InChI is InChI=1S/C16H18ClNO2S/c1-3-18(11-14-9-10-15(17)21-14)16(19)12(2)20-13-7-5-4-6-8-13/h4-10,12H,3,11H2,1-2H3/t12-/m0/s1. The summed E-state index contributed by atoms with van der Waals surface area (Å²) >= 11 is 7.42. The van der Waals surface area contributed by atoms with Gasteiger partial charge in [0.25, 0.3) is 5.91 Å². The Kier molecular flexibility index (Phi) is 5.65. The van der Waals surface area contributed by atoms with Crippen LogP contribution in [0.15, 0.2) is 42.5 Å². The molecule has 0 spiro atoms. The Bertz CT molecular complexity index is 585. The van der Waals surface area contributed by atoms with Gasteiger partial charge in [0.2, 0.25) is 0 Å². The SMILES string of the molecule is CCN(Cc1ccc(Cl)s1)C(=O)[C@H](C)Oc1ccccc1. The van der Waals surface area contributed by atoms with Crippen LogP contribution in [0.25, 0.3) is 0 Å². The number of halogens is 1. The number of amides is 1. The zero-order valence-electron chi connectivity index (χ0n) is 12.1. The molecule has 0 N–H and O–H groups in total. The van der Waals surface area contributed by atoms with E-state index in [0.717, 1.165) is 9.21 Å². The third-order valence-corrected chi connectivity index (χ3v) is 4.29. The zero-order chi connectivity index (χ0) is 15.2. The number of carbonyl (C=O) groups excluding carboxylic acids is 1. The summed E-state index contributed by atoms with van der Waals surface area (Å²) in [5.74, 6) is 0.680. The number of carbonyl (C=O) groups is 1. The third-order valence-electron chi connectivity index (χ3n) is 3.07. The molecule has 0 saturated heterocycles. The van der Waals surface area contributed by atoms with E-state index in [1.165, 1.54) is 11.3 Å². The Morgan fingerprint density at radius 2 is 2.00 bits per heavy atom. The van der Waals surface area contributed by atoms with Crippen molar-refractivity contribution in [2.45, 2.75) is 26.5 Å². The van der Waals surface area contributed by atoms with Gasteiger partial charge in [-0.1, -0.05) is 29.8 Å². The lowest BCUT2D eigenvalue weighted by Gasteiger charge is -2.24. The molecule has 2 aromatic rings. The number of hydrogen-bond donors (Lipinski definition) is 0. The van der Waals surface area contributed by atoms with Crippen molar-refractivity contribution in [2.24, 2.45) is 0 Å². The van der Waals surface area contributed by atoms with Crippen molar-refractivity contribution in [3.8, 4) is 5.75 Å². The van der Waals surface area contributed by atoms with Crippen molar-refractivity contribution >= 4 is 28.8 Å². The number of likely N-dealkylation sites (N-methyl/N-ethyl adjacent to an activating group) is 1. The van der Waals surface area contributed by atoms with Crippen LogP contribution in [-0.2, 0) is 11.3 Å². The van der Waals surface area contributed by atoms with Gasteiger partial charge in [-0.2, -0.15) is 0 Å². The molecule has 0 saturated carbocycles. The Labute approximate surface area is 134 Å². The minimum Gasteiger partial charge on any atom is -0.481 e. The fraction of sp³-hybridized carbons (Fsp3) is 0.312. The highest BCUT2D eigenvalue weighted by molar-refractivity contribution is 7.16. The highest BCUT2D eigenvalue weighted by Gasteiger charge is 2.21. The normalized spacial score (nSPS) is 12.0. The fourth-order valence-corrected chi connectivity index (χ4v) is 3.08. The van der Waals surface area contributed by atoms with Crippen molar-refractivity contribution in [3.05, 3.63) is 51.7 Å². The molecule has 1 atom stereocenters. The molecule has 0 aliphatic carbocycles. The van der Waals surface area contributed by atoms with E-state index in [1.807, 2.05) is 49.4 Å². The van der Waals surface area contributed by atoms with Crippen molar-refractivity contribution in [2.75, 3.05) is 6.54 Å². The van der Waals surface area contributed by atoms with E-state index in [-0.39, 0.29) is 5.91 Å². The monoisotopic (exact) mass is 323 g/mol. The second-order valence-corrected chi connectivity index (χ2v) is 6.43. The van der Waals surface area contributed by atoms with E-state index < -0.39 is 6.10 Å². The maximum absolute atomic E-state index is 12.5. The molecule has 1 heterocycles. The van der Waals surface area contributed by atoms with Gasteiger partial charge in [-0.05, 0) is 38.1 Å². The van der Waals surface area contributed by atoms with Crippen LogP contribution in [0.2, 0.25) is 4.34 Å². The Hall–Kier alpha value is -1.52. The summed E-state index contributed by atoms with van der Waals surface area (Å²) in [6.07, 6.45) is -0.511. The molecule has 0 fully saturated rings. The highest BCUT2D eigenvalue weighted by Crippen LogP contribution is 2.23. The van der Waals surface area contributed by atoms with Crippen LogP contribution in [0.3, 0.4) is 0 Å². The smallest absolute Gasteiger partial charge is 0.263 e. The topological polar surface area (TPSA) is 29.5 Å². The van der Waals surface area contributed by atoms with Crippen LogP contribution < -0.4 is 4.74 Å². The van der Waals surface area contributed by atoms with E-state index in [4.69, 9.17) is 16.3 Å². The molecule has 3 nitrogen and oxygen atoms in total. The maximum atomic E-state index is 12.5. The summed E-state index contributed by atoms with van der Waals surface area (Å²) < 4.78 is 6.43. The Morgan fingerprint density at radius 3 is 2.57 bits per heavy atom. The lowest BCUT2D eigenvalue weighted by atomic mass is 10.3. The molecule has 0 aliphatic rings. The molecule has 0 unspecified atom stereocenters. The van der Waals surface area contributed by atoms with Gasteiger partial charge in [0.15, 0.2) is 6.10 Å². The van der Waals surface area contributed by atoms with Crippen molar-refractivity contribution < 1.29 is 9.53 Å². The van der Waals surface area contributed by atoms with Gasteiger partial charge in [-0.25, -0.2) is 0 Å². The van der Waals surface area contributed by atoms with Crippen molar-refractivity contribution in [3.63, 3.8) is 0 Å². The molecule has 2 rings (SSSR count). The van der Waals surface area contributed by atoms with E-state index >= 15 is 0 Å². The second kappa shape index (κ2) is 7.48. The maximum Gasteiger partial charge on any atom is 0.263 e. The number of para-hydroxylation sites is 1. The van der Waals surface area contributed by atoms with E-state index in [0.29, 0.717) is 18.8 Å². The first-order valence-corrected chi connectivity index (χ1v) is 8.04. The van der Waals surface area contributed by atoms with Crippen LogP contribution >= 0.6 is 22.9 Å². The van der Waals surface area contributed by atoms with E-state index in [1.54, 1.807) is 11.8 Å². The van der Waals surface area contributed by atoms with Gasteiger partial charge in [0.05, 0.1) is 10.9 Å². The summed E-state index contributed by atoms with van der Waals surface area (Å²) in [5.41, 5.74) is 0. The molecule has 0 radical (unpaired) electrons. The first-order valence-electron chi connectivity index (χ1n) is 6.85. The summed E-state index contributed by atoms with van der Waals surface area (Å²) in [4.78, 5) is 15.3. The molecule has 1 amide bonds. The fourth-order valence-electron chi connectivity index (χ4n) is 1.98. The summed E-state index contributed by atoms with van der Waals surface area (Å²) in [6.45, 7) is 4.94. The zero-order valence-corrected chi connectivity index (χ0v) is 13.7. The summed E-state index contributed by atoms with van der Waals surface area (Å²) in [5, 5.41) is 0. The molecular weight excluding hydrogens is 306 g/mol. The Morgan fingerprint density at radius 1 is 1.29 bits per heavy atom. The van der Waals surface area contributed by atoms with Crippen molar-refractivity contribution in [1.29, 1.82) is 0 Å². The van der Waals surface area contributed by atoms with Gasteiger partial charge in [-0.15, -0.1) is 11.3 Å². The van der Waals surface area contributed by atoms with E-state index in [9.17, 15) is 4.79 Å². The lowest BCUT2D eigenvalue weighted by molar-refractivity contribution is -0.138. The van der Waals surface area contributed by atoms with Crippen LogP contribution in [0.1, 0.15) is 18.7 Å². The van der Waals surface area contributed by atoms with Gasteiger partial charge in [-0.3, -0.25) is 4.79 Å². The quantitative estimate of drug-likeness (QED) is 0.796. The molecular formula is C16H18ClNO2S.